The van der Waals surface area contributed by atoms with E-state index in [1.807, 2.05) is 0 Å². The monoisotopic (exact) mass is 482 g/mol. The SMILES string of the molecule is Ic1ccc(-c2ccccc2-c2ccc(I)cc2)cc1. The maximum absolute atomic E-state index is 2.34. The van der Waals surface area contributed by atoms with Gasteiger partial charge in [0.05, 0.1) is 0 Å². The summed E-state index contributed by atoms with van der Waals surface area (Å²) in [5.41, 5.74) is 5.09. The highest BCUT2D eigenvalue weighted by atomic mass is 127. The zero-order chi connectivity index (χ0) is 13.9. The fraction of sp³-hybridized carbons (Fsp3) is 0. The van der Waals surface area contributed by atoms with E-state index >= 15 is 0 Å². The quantitative estimate of drug-likeness (QED) is 0.380. The van der Waals surface area contributed by atoms with Gasteiger partial charge in [-0.15, -0.1) is 0 Å². The van der Waals surface area contributed by atoms with Gasteiger partial charge in [0, 0.05) is 7.14 Å². The van der Waals surface area contributed by atoms with E-state index in [0.29, 0.717) is 0 Å². The highest BCUT2D eigenvalue weighted by Crippen LogP contribution is 2.32. The molecule has 0 saturated heterocycles. The Morgan fingerprint density at radius 3 is 1.15 bits per heavy atom. The second-order valence-corrected chi connectivity index (χ2v) is 7.05. The first-order chi connectivity index (χ1) is 9.74. The molecule has 0 fully saturated rings. The molecule has 0 atom stereocenters. The molecule has 2 heteroatoms. The maximum atomic E-state index is 2.34. The van der Waals surface area contributed by atoms with Crippen LogP contribution in [0.25, 0.3) is 22.3 Å². The van der Waals surface area contributed by atoms with Crippen LogP contribution in [-0.2, 0) is 0 Å². The summed E-state index contributed by atoms with van der Waals surface area (Å²) >= 11 is 4.68. The summed E-state index contributed by atoms with van der Waals surface area (Å²) in [5, 5.41) is 0. The summed E-state index contributed by atoms with van der Waals surface area (Å²) in [6.07, 6.45) is 0. The third-order valence-corrected chi connectivity index (χ3v) is 4.68. The highest BCUT2D eigenvalue weighted by Gasteiger charge is 2.06. The van der Waals surface area contributed by atoms with Crippen LogP contribution in [0.4, 0.5) is 0 Å². The van der Waals surface area contributed by atoms with E-state index in [4.69, 9.17) is 0 Å². The van der Waals surface area contributed by atoms with Crippen LogP contribution >= 0.6 is 45.2 Å². The molecule has 0 amide bonds. The molecule has 0 aliphatic heterocycles. The summed E-state index contributed by atoms with van der Waals surface area (Å²) in [7, 11) is 0. The van der Waals surface area contributed by atoms with Gasteiger partial charge in [-0.2, -0.15) is 0 Å². The van der Waals surface area contributed by atoms with Crippen molar-refractivity contribution >= 4 is 45.2 Å². The predicted molar refractivity (Wildman–Crippen MR) is 103 cm³/mol. The molecule has 0 aromatic heterocycles. The average Bonchev–Trinajstić information content (AvgIpc) is 2.49. The molecule has 0 heterocycles. The van der Waals surface area contributed by atoms with Crippen LogP contribution in [0.15, 0.2) is 72.8 Å². The molecule has 0 aliphatic carbocycles. The zero-order valence-corrected chi connectivity index (χ0v) is 15.0. The van der Waals surface area contributed by atoms with Crippen LogP contribution in [-0.4, -0.2) is 0 Å². The van der Waals surface area contributed by atoms with Gasteiger partial charge in [0.15, 0.2) is 0 Å². The number of rotatable bonds is 2. The molecular weight excluding hydrogens is 470 g/mol. The molecule has 20 heavy (non-hydrogen) atoms. The van der Waals surface area contributed by atoms with E-state index in [0.717, 1.165) is 0 Å². The van der Waals surface area contributed by atoms with Gasteiger partial charge in [-0.05, 0) is 91.7 Å². The molecule has 98 valence electrons. The lowest BCUT2D eigenvalue weighted by molar-refractivity contribution is 1.56. The van der Waals surface area contributed by atoms with Gasteiger partial charge in [0.1, 0.15) is 0 Å². The van der Waals surface area contributed by atoms with Crippen LogP contribution in [0.2, 0.25) is 0 Å². The Kier molecular flexibility index (Phi) is 4.41. The lowest BCUT2D eigenvalue weighted by Crippen LogP contribution is -1.85. The van der Waals surface area contributed by atoms with Gasteiger partial charge >= 0.3 is 0 Å². The molecule has 0 saturated carbocycles. The van der Waals surface area contributed by atoms with E-state index in [9.17, 15) is 0 Å². The standard InChI is InChI=1S/C18H12I2/c19-15-9-5-13(6-10-15)17-3-1-2-4-18(17)14-7-11-16(20)12-8-14/h1-12H. The van der Waals surface area contributed by atoms with Crippen molar-refractivity contribution in [1.82, 2.24) is 0 Å². The molecule has 0 unspecified atom stereocenters. The third kappa shape index (κ3) is 3.06. The molecule has 0 nitrogen and oxygen atoms in total. The van der Waals surface area contributed by atoms with Gasteiger partial charge in [-0.3, -0.25) is 0 Å². The van der Waals surface area contributed by atoms with Crippen molar-refractivity contribution in [2.45, 2.75) is 0 Å². The van der Waals surface area contributed by atoms with E-state index in [-0.39, 0.29) is 0 Å². The molecule has 3 aromatic rings. The van der Waals surface area contributed by atoms with Crippen molar-refractivity contribution in [3.05, 3.63) is 79.9 Å². The van der Waals surface area contributed by atoms with Crippen molar-refractivity contribution in [3.63, 3.8) is 0 Å². The second kappa shape index (κ2) is 6.26. The smallest absolute Gasteiger partial charge is 0.0130 e. The molecule has 0 N–H and O–H groups in total. The number of benzene rings is 3. The first-order valence-electron chi connectivity index (χ1n) is 6.35. The Morgan fingerprint density at radius 1 is 0.450 bits per heavy atom. The van der Waals surface area contributed by atoms with Gasteiger partial charge in [0.2, 0.25) is 0 Å². The van der Waals surface area contributed by atoms with Crippen LogP contribution in [0.5, 0.6) is 0 Å². The van der Waals surface area contributed by atoms with Crippen molar-refractivity contribution in [1.29, 1.82) is 0 Å². The van der Waals surface area contributed by atoms with Gasteiger partial charge in [0.25, 0.3) is 0 Å². The van der Waals surface area contributed by atoms with E-state index in [2.05, 4.69) is 118 Å². The second-order valence-electron chi connectivity index (χ2n) is 4.56. The number of hydrogen-bond acceptors (Lipinski definition) is 0. The van der Waals surface area contributed by atoms with Crippen LogP contribution in [0, 0.1) is 7.14 Å². The summed E-state index contributed by atoms with van der Waals surface area (Å²) < 4.78 is 2.52. The Bertz CT molecular complexity index is 649. The van der Waals surface area contributed by atoms with Crippen LogP contribution in [0.3, 0.4) is 0 Å². The minimum absolute atomic E-state index is 1.26. The Labute approximate surface area is 146 Å². The maximum Gasteiger partial charge on any atom is 0.0130 e. The summed E-state index contributed by atoms with van der Waals surface area (Å²) in [4.78, 5) is 0. The van der Waals surface area contributed by atoms with Crippen molar-refractivity contribution in [2.24, 2.45) is 0 Å². The average molecular weight is 482 g/mol. The molecule has 3 aromatic carbocycles. The fourth-order valence-electron chi connectivity index (χ4n) is 2.25. The minimum Gasteiger partial charge on any atom is -0.0616 e. The summed E-state index contributed by atoms with van der Waals surface area (Å²) in [5.74, 6) is 0. The predicted octanol–water partition coefficient (Wildman–Crippen LogP) is 6.23. The largest absolute Gasteiger partial charge is 0.0616 e. The lowest BCUT2D eigenvalue weighted by atomic mass is 9.95. The Hall–Kier alpha value is -0.880. The first-order valence-corrected chi connectivity index (χ1v) is 8.51. The van der Waals surface area contributed by atoms with Crippen LogP contribution < -0.4 is 0 Å². The Balaban J connectivity index is 2.13. The Morgan fingerprint density at radius 2 is 0.800 bits per heavy atom. The molecule has 3 rings (SSSR count). The lowest BCUT2D eigenvalue weighted by Gasteiger charge is -2.10. The minimum atomic E-state index is 1.26. The van der Waals surface area contributed by atoms with Crippen molar-refractivity contribution in [2.75, 3.05) is 0 Å². The molecule has 0 aliphatic rings. The van der Waals surface area contributed by atoms with E-state index in [1.54, 1.807) is 0 Å². The summed E-state index contributed by atoms with van der Waals surface area (Å²) in [6, 6.07) is 25.9. The summed E-state index contributed by atoms with van der Waals surface area (Å²) in [6.45, 7) is 0. The molecule has 0 bridgehead atoms. The van der Waals surface area contributed by atoms with Crippen LogP contribution in [0.1, 0.15) is 0 Å². The molecular formula is C18H12I2. The van der Waals surface area contributed by atoms with E-state index < -0.39 is 0 Å². The number of hydrogen-bond donors (Lipinski definition) is 0. The zero-order valence-electron chi connectivity index (χ0n) is 10.7. The van der Waals surface area contributed by atoms with Crippen molar-refractivity contribution < 1.29 is 0 Å². The van der Waals surface area contributed by atoms with Crippen molar-refractivity contribution in [3.8, 4) is 22.3 Å². The highest BCUT2D eigenvalue weighted by molar-refractivity contribution is 14.1. The van der Waals surface area contributed by atoms with Gasteiger partial charge in [-0.25, -0.2) is 0 Å². The normalized spacial score (nSPS) is 10.5. The first kappa shape index (κ1) is 14.1. The van der Waals surface area contributed by atoms with Gasteiger partial charge < -0.3 is 0 Å². The van der Waals surface area contributed by atoms with E-state index in [1.165, 1.54) is 29.4 Å². The topological polar surface area (TPSA) is 0 Å². The van der Waals surface area contributed by atoms with Gasteiger partial charge in [-0.1, -0.05) is 48.5 Å². The molecule has 0 radical (unpaired) electrons. The third-order valence-electron chi connectivity index (χ3n) is 3.24. The number of halogens is 2. The fourth-order valence-corrected chi connectivity index (χ4v) is 2.96. The molecule has 0 spiro atoms.